The van der Waals surface area contributed by atoms with Crippen LogP contribution in [0.2, 0.25) is 0 Å². The number of nitrogens with one attached hydrogen (secondary N) is 2. The Labute approximate surface area is 194 Å². The van der Waals surface area contributed by atoms with Crippen LogP contribution in [0.15, 0.2) is 4.99 Å². The zero-order valence-electron chi connectivity index (χ0n) is 17.4. The van der Waals surface area contributed by atoms with E-state index in [1.54, 1.807) is 7.05 Å². The van der Waals surface area contributed by atoms with Crippen LogP contribution in [0.4, 0.5) is 13.2 Å². The van der Waals surface area contributed by atoms with E-state index in [0.717, 1.165) is 19.3 Å². The first-order chi connectivity index (χ1) is 13.7. The summed E-state index contributed by atoms with van der Waals surface area (Å²) in [5.41, 5.74) is -5.23. The molecule has 0 radical (unpaired) electrons. The van der Waals surface area contributed by atoms with Gasteiger partial charge in [-0.1, -0.05) is 19.3 Å². The lowest BCUT2D eigenvalue weighted by atomic mass is 9.98. The highest BCUT2D eigenvalue weighted by Gasteiger charge is 2.50. The van der Waals surface area contributed by atoms with Gasteiger partial charge in [-0.15, -0.1) is 24.0 Å². The molecule has 178 valence electrons. The quantitative estimate of drug-likeness (QED) is 0.203. The van der Waals surface area contributed by atoms with Crippen LogP contribution in [0.25, 0.3) is 0 Å². The van der Waals surface area contributed by atoms with Gasteiger partial charge >= 0.3 is 15.5 Å². The third kappa shape index (κ3) is 8.65. The number of ether oxygens (including phenoxy) is 1. The molecule has 1 heterocycles. The Balaban J connectivity index is 0.00000450. The summed E-state index contributed by atoms with van der Waals surface area (Å²) in [4.78, 5) is 4.14. The van der Waals surface area contributed by atoms with Crippen LogP contribution < -0.4 is 10.6 Å². The Bertz CT molecular complexity index is 621. The Morgan fingerprint density at radius 3 is 2.30 bits per heavy atom. The van der Waals surface area contributed by atoms with Gasteiger partial charge in [0.2, 0.25) is 0 Å². The second kappa shape index (κ2) is 13.3. The van der Waals surface area contributed by atoms with Crippen molar-refractivity contribution in [2.45, 2.75) is 63.0 Å². The second-order valence-corrected chi connectivity index (χ2v) is 9.59. The van der Waals surface area contributed by atoms with Crippen molar-refractivity contribution in [1.29, 1.82) is 0 Å². The van der Waals surface area contributed by atoms with E-state index in [-0.39, 0.29) is 43.0 Å². The monoisotopic (exact) mass is 570 g/mol. The number of piperidine rings is 1. The van der Waals surface area contributed by atoms with Crippen molar-refractivity contribution >= 4 is 40.0 Å². The molecule has 1 saturated heterocycles. The standard InChI is InChI=1S/C18H33F3N4O3S.HI/c1-22-17(23-10-5-13-28-16-6-3-2-4-7-16)24-14-15-8-11-25(12-9-15)29(26,27)18(19,20)21;/h15-16H,2-14H2,1H3,(H2,22,23,24);1H. The maximum absolute atomic E-state index is 12.6. The molecule has 0 atom stereocenters. The van der Waals surface area contributed by atoms with Gasteiger partial charge in [0.05, 0.1) is 6.10 Å². The normalized spacial score (nSPS) is 20.6. The van der Waals surface area contributed by atoms with Crippen LogP contribution in [0.5, 0.6) is 0 Å². The number of hydrogen-bond donors (Lipinski definition) is 2. The minimum absolute atomic E-state index is 0. The smallest absolute Gasteiger partial charge is 0.378 e. The Kier molecular flexibility index (Phi) is 12.2. The minimum atomic E-state index is -5.23. The van der Waals surface area contributed by atoms with Gasteiger partial charge in [-0.05, 0) is 38.0 Å². The molecule has 0 aromatic rings. The van der Waals surface area contributed by atoms with Crippen molar-refractivity contribution in [1.82, 2.24) is 14.9 Å². The number of aliphatic imine (C=N–C) groups is 1. The van der Waals surface area contributed by atoms with E-state index in [1.807, 2.05) is 0 Å². The molecule has 0 aromatic carbocycles. The Morgan fingerprint density at radius 1 is 1.10 bits per heavy atom. The third-order valence-corrected chi connectivity index (χ3v) is 7.14. The average Bonchev–Trinajstić information content (AvgIpc) is 2.70. The van der Waals surface area contributed by atoms with E-state index in [4.69, 9.17) is 4.74 Å². The van der Waals surface area contributed by atoms with Crippen LogP contribution >= 0.6 is 24.0 Å². The highest BCUT2D eigenvalue weighted by atomic mass is 127. The Morgan fingerprint density at radius 2 is 1.73 bits per heavy atom. The predicted octanol–water partition coefficient (Wildman–Crippen LogP) is 3.07. The lowest BCUT2D eigenvalue weighted by Gasteiger charge is -2.31. The molecule has 2 N–H and O–H groups in total. The van der Waals surface area contributed by atoms with E-state index in [9.17, 15) is 21.6 Å². The molecule has 1 aliphatic heterocycles. The molecule has 2 rings (SSSR count). The van der Waals surface area contributed by atoms with Gasteiger partial charge in [-0.2, -0.15) is 17.5 Å². The van der Waals surface area contributed by atoms with Gasteiger partial charge in [0.25, 0.3) is 0 Å². The molecule has 0 spiro atoms. The van der Waals surface area contributed by atoms with Crippen molar-refractivity contribution in [3.05, 3.63) is 0 Å². The van der Waals surface area contributed by atoms with Crippen molar-refractivity contribution in [3.8, 4) is 0 Å². The van der Waals surface area contributed by atoms with Gasteiger partial charge in [-0.25, -0.2) is 8.42 Å². The van der Waals surface area contributed by atoms with Crippen LogP contribution in [0.3, 0.4) is 0 Å². The SMILES string of the molecule is CN=C(NCCCOC1CCCCC1)NCC1CCN(S(=O)(=O)C(F)(F)F)CC1.I. The van der Waals surface area contributed by atoms with Crippen molar-refractivity contribution < 1.29 is 26.3 Å². The minimum Gasteiger partial charge on any atom is -0.378 e. The molecule has 7 nitrogen and oxygen atoms in total. The van der Waals surface area contributed by atoms with Crippen LogP contribution in [0, 0.1) is 5.92 Å². The Hall–Kier alpha value is -0.340. The van der Waals surface area contributed by atoms with Crippen molar-refractivity contribution in [3.63, 3.8) is 0 Å². The van der Waals surface area contributed by atoms with Gasteiger partial charge in [0.1, 0.15) is 0 Å². The van der Waals surface area contributed by atoms with E-state index in [0.29, 0.717) is 48.9 Å². The molecule has 1 aliphatic carbocycles. The molecule has 0 unspecified atom stereocenters. The molecular formula is C18H34F3IN4O3S. The molecular weight excluding hydrogens is 536 g/mol. The zero-order chi connectivity index (χ0) is 21.3. The third-order valence-electron chi connectivity index (χ3n) is 5.51. The number of alkyl halides is 3. The number of hydrogen-bond acceptors (Lipinski definition) is 4. The first kappa shape index (κ1) is 27.7. The summed E-state index contributed by atoms with van der Waals surface area (Å²) in [5, 5.41) is 6.37. The van der Waals surface area contributed by atoms with Crippen LogP contribution in [-0.4, -0.2) is 70.1 Å². The summed E-state index contributed by atoms with van der Waals surface area (Å²) >= 11 is 0. The first-order valence-corrected chi connectivity index (χ1v) is 11.8. The van der Waals surface area contributed by atoms with E-state index in [1.165, 1.54) is 19.3 Å². The zero-order valence-corrected chi connectivity index (χ0v) is 20.6. The second-order valence-electron chi connectivity index (χ2n) is 7.66. The van der Waals surface area contributed by atoms with Gasteiger partial charge < -0.3 is 15.4 Å². The lowest BCUT2D eigenvalue weighted by Crippen LogP contribution is -2.47. The fraction of sp³-hybridized carbons (Fsp3) is 0.944. The lowest BCUT2D eigenvalue weighted by molar-refractivity contribution is -0.0496. The number of nitrogens with zero attached hydrogens (tertiary/aromatic N) is 2. The highest BCUT2D eigenvalue weighted by Crippen LogP contribution is 2.30. The van der Waals surface area contributed by atoms with E-state index < -0.39 is 15.5 Å². The van der Waals surface area contributed by atoms with Gasteiger partial charge in [0, 0.05) is 39.8 Å². The van der Waals surface area contributed by atoms with Gasteiger partial charge in [0.15, 0.2) is 5.96 Å². The van der Waals surface area contributed by atoms with Crippen LogP contribution in [-0.2, 0) is 14.8 Å². The van der Waals surface area contributed by atoms with Crippen molar-refractivity contribution in [2.24, 2.45) is 10.9 Å². The highest BCUT2D eigenvalue weighted by molar-refractivity contribution is 14.0. The molecule has 12 heteroatoms. The number of sulfonamides is 1. The fourth-order valence-electron chi connectivity index (χ4n) is 3.72. The van der Waals surface area contributed by atoms with Crippen LogP contribution in [0.1, 0.15) is 51.4 Å². The number of rotatable bonds is 8. The molecule has 2 aliphatic rings. The summed E-state index contributed by atoms with van der Waals surface area (Å²) in [5.74, 6) is 0.732. The van der Waals surface area contributed by atoms with Crippen molar-refractivity contribution in [2.75, 3.05) is 39.8 Å². The molecule has 1 saturated carbocycles. The number of halogens is 4. The van der Waals surface area contributed by atoms with Gasteiger partial charge in [-0.3, -0.25) is 4.99 Å². The molecule has 0 bridgehead atoms. The molecule has 2 fully saturated rings. The van der Waals surface area contributed by atoms with E-state index >= 15 is 0 Å². The fourth-order valence-corrected chi connectivity index (χ4v) is 4.71. The summed E-state index contributed by atoms with van der Waals surface area (Å²) in [6, 6.07) is 0. The number of guanidine groups is 1. The summed E-state index contributed by atoms with van der Waals surface area (Å²) in [7, 11) is -3.56. The average molecular weight is 570 g/mol. The molecule has 0 amide bonds. The van der Waals surface area contributed by atoms with E-state index in [2.05, 4.69) is 15.6 Å². The summed E-state index contributed by atoms with van der Waals surface area (Å²) in [6.07, 6.45) is 8.14. The summed E-state index contributed by atoms with van der Waals surface area (Å²) < 4.78 is 67.2. The first-order valence-electron chi connectivity index (χ1n) is 10.4. The molecule has 0 aromatic heterocycles. The largest absolute Gasteiger partial charge is 0.511 e. The summed E-state index contributed by atoms with van der Waals surface area (Å²) in [6.45, 7) is 1.74. The predicted molar refractivity (Wildman–Crippen MR) is 121 cm³/mol. The maximum atomic E-state index is 12.6. The maximum Gasteiger partial charge on any atom is 0.511 e. The molecule has 30 heavy (non-hydrogen) atoms. The topological polar surface area (TPSA) is 83.0 Å².